The van der Waals surface area contributed by atoms with Gasteiger partial charge in [0.05, 0.1) is 18.6 Å². The maximum Gasteiger partial charge on any atom is 0.303 e. The fourth-order valence-corrected chi connectivity index (χ4v) is 6.05. The Morgan fingerprint density at radius 1 is 1.11 bits per heavy atom. The SMILES string of the molecule is C[C@H](OC(O)N1c2cc(F)ccc2C(N(C(=O)CCC(=O)O)C2CC2)C2CCCC21)c1ccccc1. The highest BCUT2D eigenvalue weighted by Crippen LogP contribution is 2.53. The number of nitrogens with zero attached hydrogens (tertiary/aromatic N) is 2. The van der Waals surface area contributed by atoms with E-state index < -0.39 is 18.2 Å². The maximum atomic E-state index is 14.6. The Morgan fingerprint density at radius 3 is 2.56 bits per heavy atom. The number of amides is 1. The average molecular weight is 497 g/mol. The molecule has 0 saturated heterocycles. The lowest BCUT2D eigenvalue weighted by atomic mass is 9.81. The number of aliphatic carboxylic acids is 1. The minimum absolute atomic E-state index is 0.0302. The molecule has 2 fully saturated rings. The van der Waals surface area contributed by atoms with E-state index in [1.807, 2.05) is 42.2 Å². The lowest BCUT2D eigenvalue weighted by Crippen LogP contribution is -2.55. The number of aliphatic hydroxyl groups is 1. The van der Waals surface area contributed by atoms with Crippen LogP contribution in [0.5, 0.6) is 0 Å². The summed E-state index contributed by atoms with van der Waals surface area (Å²) < 4.78 is 20.6. The summed E-state index contributed by atoms with van der Waals surface area (Å²) in [5, 5.41) is 20.5. The first-order valence-corrected chi connectivity index (χ1v) is 12.8. The van der Waals surface area contributed by atoms with Gasteiger partial charge in [0, 0.05) is 30.1 Å². The summed E-state index contributed by atoms with van der Waals surface area (Å²) in [5.41, 5.74) is 2.25. The number of ether oxygens (including phenoxy) is 1. The lowest BCUT2D eigenvalue weighted by molar-refractivity contribution is -0.145. The third-order valence-corrected chi connectivity index (χ3v) is 7.80. The minimum Gasteiger partial charge on any atom is -0.481 e. The number of carboxylic acids is 1. The number of carbonyl (C=O) groups excluding carboxylic acids is 1. The molecule has 0 aromatic heterocycles. The van der Waals surface area contributed by atoms with Crippen LogP contribution >= 0.6 is 0 Å². The van der Waals surface area contributed by atoms with E-state index in [-0.39, 0.29) is 48.9 Å². The molecular weight excluding hydrogens is 463 g/mol. The van der Waals surface area contributed by atoms with E-state index in [4.69, 9.17) is 9.84 Å². The van der Waals surface area contributed by atoms with Gasteiger partial charge >= 0.3 is 5.97 Å². The largest absolute Gasteiger partial charge is 0.481 e. The van der Waals surface area contributed by atoms with Crippen molar-refractivity contribution in [1.82, 2.24) is 4.90 Å². The van der Waals surface area contributed by atoms with Crippen molar-refractivity contribution in [2.75, 3.05) is 4.90 Å². The summed E-state index contributed by atoms with van der Waals surface area (Å²) in [6.45, 7) is 1.87. The van der Waals surface area contributed by atoms with E-state index in [2.05, 4.69) is 0 Å². The van der Waals surface area contributed by atoms with Crippen LogP contribution in [0.2, 0.25) is 0 Å². The second-order valence-corrected chi connectivity index (χ2v) is 10.2. The van der Waals surface area contributed by atoms with Gasteiger partial charge in [-0.05, 0) is 55.9 Å². The highest BCUT2D eigenvalue weighted by molar-refractivity contribution is 5.82. The van der Waals surface area contributed by atoms with Crippen molar-refractivity contribution in [2.24, 2.45) is 5.92 Å². The third-order valence-electron chi connectivity index (χ3n) is 7.80. The van der Waals surface area contributed by atoms with Crippen LogP contribution in [-0.4, -0.2) is 45.5 Å². The number of carbonyl (C=O) groups is 2. The number of anilines is 1. The van der Waals surface area contributed by atoms with E-state index in [1.54, 1.807) is 11.0 Å². The van der Waals surface area contributed by atoms with Gasteiger partial charge in [0.15, 0.2) is 0 Å². The molecule has 2 saturated carbocycles. The number of fused-ring (bicyclic) bond motifs is 2. The molecule has 4 unspecified atom stereocenters. The molecule has 1 amide bonds. The molecule has 36 heavy (non-hydrogen) atoms. The van der Waals surface area contributed by atoms with E-state index in [0.717, 1.165) is 43.2 Å². The molecule has 0 spiro atoms. The molecule has 1 heterocycles. The highest BCUT2D eigenvalue weighted by Gasteiger charge is 2.51. The van der Waals surface area contributed by atoms with Gasteiger partial charge < -0.3 is 24.7 Å². The Labute approximate surface area is 210 Å². The maximum absolute atomic E-state index is 14.6. The Balaban J connectivity index is 1.50. The Bertz CT molecular complexity index is 1110. The van der Waals surface area contributed by atoms with E-state index in [9.17, 15) is 19.1 Å². The molecule has 2 N–H and O–H groups in total. The van der Waals surface area contributed by atoms with Crippen molar-refractivity contribution >= 4 is 17.6 Å². The molecule has 192 valence electrons. The molecule has 0 bridgehead atoms. The van der Waals surface area contributed by atoms with E-state index in [0.29, 0.717) is 5.69 Å². The van der Waals surface area contributed by atoms with Crippen LogP contribution in [0.4, 0.5) is 10.1 Å². The van der Waals surface area contributed by atoms with Crippen molar-refractivity contribution in [2.45, 2.75) is 82.5 Å². The Kier molecular flexibility index (Phi) is 6.99. The first-order chi connectivity index (χ1) is 17.3. The number of aliphatic hydroxyl groups excluding tert-OH is 1. The molecule has 0 radical (unpaired) electrons. The predicted octanol–water partition coefficient (Wildman–Crippen LogP) is 4.77. The topological polar surface area (TPSA) is 90.3 Å². The van der Waals surface area contributed by atoms with Crippen molar-refractivity contribution < 1.29 is 28.9 Å². The van der Waals surface area contributed by atoms with Gasteiger partial charge in [-0.25, -0.2) is 4.39 Å². The summed E-state index contributed by atoms with van der Waals surface area (Å²) in [5.74, 6) is -1.56. The summed E-state index contributed by atoms with van der Waals surface area (Å²) in [4.78, 5) is 28.1. The van der Waals surface area contributed by atoms with Gasteiger partial charge in [-0.15, -0.1) is 0 Å². The van der Waals surface area contributed by atoms with Crippen molar-refractivity contribution in [3.63, 3.8) is 0 Å². The summed E-state index contributed by atoms with van der Waals surface area (Å²) >= 11 is 0. The van der Waals surface area contributed by atoms with Gasteiger partial charge in [-0.2, -0.15) is 0 Å². The van der Waals surface area contributed by atoms with Crippen LogP contribution in [0.1, 0.15) is 75.1 Å². The van der Waals surface area contributed by atoms with Crippen molar-refractivity contribution in [3.05, 3.63) is 65.5 Å². The molecule has 8 heteroatoms. The second kappa shape index (κ2) is 10.2. The molecule has 3 aliphatic rings. The first kappa shape index (κ1) is 24.7. The number of rotatable bonds is 9. The van der Waals surface area contributed by atoms with Gasteiger partial charge in [0.2, 0.25) is 12.3 Å². The zero-order valence-corrected chi connectivity index (χ0v) is 20.4. The van der Waals surface area contributed by atoms with Gasteiger partial charge in [0.25, 0.3) is 0 Å². The zero-order chi connectivity index (χ0) is 25.4. The van der Waals surface area contributed by atoms with Crippen LogP contribution in [0.15, 0.2) is 48.5 Å². The molecule has 7 nitrogen and oxygen atoms in total. The minimum atomic E-state index is -1.29. The number of hydrogen-bond acceptors (Lipinski definition) is 5. The molecule has 5 rings (SSSR count). The van der Waals surface area contributed by atoms with Crippen LogP contribution < -0.4 is 4.90 Å². The fourth-order valence-electron chi connectivity index (χ4n) is 6.05. The Hall–Kier alpha value is -2.97. The molecule has 2 aromatic carbocycles. The average Bonchev–Trinajstić information content (AvgIpc) is 3.58. The first-order valence-electron chi connectivity index (χ1n) is 12.8. The van der Waals surface area contributed by atoms with Gasteiger partial charge in [-0.1, -0.05) is 42.8 Å². The molecule has 1 aliphatic heterocycles. The summed E-state index contributed by atoms with van der Waals surface area (Å²) in [6.07, 6.45) is 2.40. The smallest absolute Gasteiger partial charge is 0.303 e. The standard InChI is InChI=1S/C28H33FN2O5/c1-17(18-6-3-2-4-7-18)36-28(35)31-23-9-5-8-21(23)27(22-13-10-19(29)16-24(22)31)30(20-11-12-20)25(32)14-15-26(33)34/h2-4,6-7,10,13,16-17,20-21,23,27-28,35H,5,8-9,11-12,14-15H2,1H3,(H,33,34)/t17-,21?,23?,27?,28?/m0/s1. The van der Waals surface area contributed by atoms with E-state index >= 15 is 0 Å². The van der Waals surface area contributed by atoms with Crippen molar-refractivity contribution in [3.8, 4) is 0 Å². The number of carboxylic acid groups (broad SMARTS) is 1. The Morgan fingerprint density at radius 2 is 1.86 bits per heavy atom. The van der Waals surface area contributed by atoms with Crippen LogP contribution in [0.3, 0.4) is 0 Å². The van der Waals surface area contributed by atoms with Gasteiger partial charge in [0.1, 0.15) is 5.82 Å². The summed E-state index contributed by atoms with van der Waals surface area (Å²) in [7, 11) is 0. The number of hydrogen-bond donors (Lipinski definition) is 2. The summed E-state index contributed by atoms with van der Waals surface area (Å²) in [6, 6.07) is 13.8. The monoisotopic (exact) mass is 496 g/mol. The lowest BCUT2D eigenvalue weighted by Gasteiger charge is -2.50. The number of benzene rings is 2. The van der Waals surface area contributed by atoms with Gasteiger partial charge in [-0.3, -0.25) is 9.59 Å². The van der Waals surface area contributed by atoms with Crippen molar-refractivity contribution in [1.29, 1.82) is 0 Å². The third kappa shape index (κ3) is 4.84. The molecule has 2 aliphatic carbocycles. The highest BCUT2D eigenvalue weighted by atomic mass is 19.1. The fraction of sp³-hybridized carbons (Fsp3) is 0.500. The van der Waals surface area contributed by atoms with Crippen LogP contribution in [-0.2, 0) is 14.3 Å². The molecule has 5 atom stereocenters. The quantitative estimate of drug-likeness (QED) is 0.487. The van der Waals surface area contributed by atoms with E-state index in [1.165, 1.54) is 12.1 Å². The van der Waals surface area contributed by atoms with Crippen LogP contribution in [0, 0.1) is 11.7 Å². The normalized spacial score (nSPS) is 24.5. The zero-order valence-electron chi connectivity index (χ0n) is 20.4. The second-order valence-electron chi connectivity index (χ2n) is 10.2. The van der Waals surface area contributed by atoms with Crippen LogP contribution in [0.25, 0.3) is 0 Å². The predicted molar refractivity (Wildman–Crippen MR) is 131 cm³/mol. The number of halogens is 1. The molecular formula is C28H33FN2O5. The molecule has 2 aromatic rings.